The van der Waals surface area contributed by atoms with Crippen molar-refractivity contribution < 1.29 is 0 Å². The van der Waals surface area contributed by atoms with Gasteiger partial charge < -0.3 is 9.47 Å². The van der Waals surface area contributed by atoms with Gasteiger partial charge in [0.2, 0.25) is 5.95 Å². The summed E-state index contributed by atoms with van der Waals surface area (Å²) >= 11 is 0. The summed E-state index contributed by atoms with van der Waals surface area (Å²) in [6.45, 7) is 2.58. The summed E-state index contributed by atoms with van der Waals surface area (Å²) in [6.07, 6.45) is 2.48. The summed E-state index contributed by atoms with van der Waals surface area (Å²) in [5.41, 5.74) is 4.65. The Kier molecular flexibility index (Phi) is 5.11. The molecule has 0 saturated carbocycles. The fourth-order valence-corrected chi connectivity index (χ4v) is 2.78. The number of fused-ring (bicyclic) bond motifs is 1. The smallest absolute Gasteiger partial charge is 0.329 e. The number of nitrogens with one attached hydrogen (secondary N) is 2. The molecule has 0 fully saturated rings. The Hall–Kier alpha value is -3.36. The first-order valence-electron chi connectivity index (χ1n) is 8.68. The molecule has 2 N–H and O–H groups in total. The predicted octanol–water partition coefficient (Wildman–Crippen LogP) is 1.35. The number of aromatic amines is 1. The van der Waals surface area contributed by atoms with E-state index in [1.54, 1.807) is 17.8 Å². The van der Waals surface area contributed by atoms with Gasteiger partial charge in [0.1, 0.15) is 0 Å². The number of rotatable bonds is 6. The minimum absolute atomic E-state index is 0.324. The monoisotopic (exact) mass is 369 g/mol. The molecule has 9 nitrogen and oxygen atoms in total. The maximum Gasteiger partial charge on any atom is 0.329 e. The predicted molar refractivity (Wildman–Crippen MR) is 108 cm³/mol. The van der Waals surface area contributed by atoms with E-state index in [4.69, 9.17) is 0 Å². The van der Waals surface area contributed by atoms with Crippen LogP contribution >= 0.6 is 0 Å². The Bertz CT molecular complexity index is 1090. The van der Waals surface area contributed by atoms with E-state index in [2.05, 4.69) is 20.5 Å². The largest absolute Gasteiger partial charge is 0.378 e. The minimum atomic E-state index is -0.496. The first kappa shape index (κ1) is 18.4. The number of hydrazone groups is 1. The quantitative estimate of drug-likeness (QED) is 0.505. The van der Waals surface area contributed by atoms with Crippen LogP contribution in [0.3, 0.4) is 0 Å². The summed E-state index contributed by atoms with van der Waals surface area (Å²) in [5, 5.41) is 4.23. The summed E-state index contributed by atoms with van der Waals surface area (Å²) in [6, 6.07) is 7.93. The number of aryl methyl sites for hydroxylation is 2. The van der Waals surface area contributed by atoms with Crippen molar-refractivity contribution in [2.24, 2.45) is 12.1 Å². The maximum absolute atomic E-state index is 12.2. The van der Waals surface area contributed by atoms with Gasteiger partial charge in [-0.25, -0.2) is 10.2 Å². The molecule has 27 heavy (non-hydrogen) atoms. The molecule has 0 amide bonds. The molecule has 0 saturated heterocycles. The van der Waals surface area contributed by atoms with Crippen molar-refractivity contribution in [3.8, 4) is 0 Å². The van der Waals surface area contributed by atoms with Crippen LogP contribution < -0.4 is 21.6 Å². The van der Waals surface area contributed by atoms with E-state index in [9.17, 15) is 9.59 Å². The number of hydrogen-bond acceptors (Lipinski definition) is 6. The molecule has 9 heteroatoms. The van der Waals surface area contributed by atoms with Crippen LogP contribution in [0.2, 0.25) is 0 Å². The third-order valence-corrected chi connectivity index (χ3v) is 4.24. The molecule has 0 atom stereocenters. The van der Waals surface area contributed by atoms with Gasteiger partial charge in [-0.15, -0.1) is 0 Å². The lowest BCUT2D eigenvalue weighted by Crippen LogP contribution is -2.29. The standard InChI is InChI=1S/C18H23N7O2/c1-5-10-25-14-15(24(4)18(27)21-16(14)26)20-17(25)22-19-11-12-6-8-13(9-7-12)23(2)3/h6-9,11H,5,10H2,1-4H3,(H,20,22)(H,21,26,27)/b19-11-. The van der Waals surface area contributed by atoms with Crippen molar-refractivity contribution in [1.82, 2.24) is 19.1 Å². The lowest BCUT2D eigenvalue weighted by atomic mass is 10.2. The fourth-order valence-electron chi connectivity index (χ4n) is 2.78. The van der Waals surface area contributed by atoms with E-state index >= 15 is 0 Å². The fraction of sp³-hybridized carbons (Fsp3) is 0.333. The second-order valence-electron chi connectivity index (χ2n) is 6.43. The zero-order valence-corrected chi connectivity index (χ0v) is 15.9. The Morgan fingerprint density at radius 1 is 1.26 bits per heavy atom. The average molecular weight is 369 g/mol. The van der Waals surface area contributed by atoms with Crippen LogP contribution in [-0.4, -0.2) is 39.4 Å². The van der Waals surface area contributed by atoms with Crippen LogP contribution in [0.25, 0.3) is 11.2 Å². The molecule has 3 rings (SSSR count). The lowest BCUT2D eigenvalue weighted by Gasteiger charge is -2.11. The molecule has 0 aliphatic rings. The van der Waals surface area contributed by atoms with Crippen molar-refractivity contribution in [3.05, 3.63) is 50.7 Å². The topological polar surface area (TPSA) is 100 Å². The normalized spacial score (nSPS) is 11.4. The summed E-state index contributed by atoms with van der Waals surface area (Å²) < 4.78 is 3.05. The highest BCUT2D eigenvalue weighted by molar-refractivity contribution is 5.81. The van der Waals surface area contributed by atoms with Crippen LogP contribution in [0, 0.1) is 0 Å². The number of benzene rings is 1. The highest BCUT2D eigenvalue weighted by atomic mass is 16.2. The van der Waals surface area contributed by atoms with Crippen molar-refractivity contribution in [2.75, 3.05) is 24.4 Å². The molecule has 0 bridgehead atoms. The van der Waals surface area contributed by atoms with Gasteiger partial charge in [0.15, 0.2) is 11.2 Å². The first-order valence-corrected chi connectivity index (χ1v) is 8.68. The highest BCUT2D eigenvalue weighted by Gasteiger charge is 2.16. The van der Waals surface area contributed by atoms with Gasteiger partial charge in [-0.2, -0.15) is 10.1 Å². The minimum Gasteiger partial charge on any atom is -0.378 e. The number of anilines is 2. The molecular formula is C18H23N7O2. The molecule has 1 aromatic carbocycles. The van der Waals surface area contributed by atoms with Crippen LogP contribution in [0.1, 0.15) is 18.9 Å². The Morgan fingerprint density at radius 3 is 2.59 bits per heavy atom. The highest BCUT2D eigenvalue weighted by Crippen LogP contribution is 2.16. The third-order valence-electron chi connectivity index (χ3n) is 4.24. The SMILES string of the molecule is CCCn1c(N/N=C\c2ccc(N(C)C)cc2)nc2c1c(=O)[nH]c(=O)n2C. The first-order chi connectivity index (χ1) is 12.9. The third kappa shape index (κ3) is 3.62. The molecule has 0 spiro atoms. The van der Waals surface area contributed by atoms with E-state index in [0.717, 1.165) is 17.7 Å². The summed E-state index contributed by atoms with van der Waals surface area (Å²) in [4.78, 5) is 32.8. The van der Waals surface area contributed by atoms with Crippen LogP contribution in [-0.2, 0) is 13.6 Å². The second-order valence-corrected chi connectivity index (χ2v) is 6.43. The molecule has 0 unspecified atom stereocenters. The molecule has 2 aromatic heterocycles. The van der Waals surface area contributed by atoms with Gasteiger partial charge >= 0.3 is 5.69 Å². The zero-order chi connectivity index (χ0) is 19.6. The maximum atomic E-state index is 12.2. The van der Waals surface area contributed by atoms with Gasteiger partial charge in [0.25, 0.3) is 5.56 Å². The van der Waals surface area contributed by atoms with E-state index in [1.165, 1.54) is 4.57 Å². The van der Waals surface area contributed by atoms with Gasteiger partial charge in [-0.1, -0.05) is 19.1 Å². The number of H-pyrrole nitrogens is 1. The van der Waals surface area contributed by atoms with Gasteiger partial charge in [0.05, 0.1) is 6.21 Å². The Balaban J connectivity index is 1.93. The van der Waals surface area contributed by atoms with Crippen molar-refractivity contribution in [1.29, 1.82) is 0 Å². The number of aromatic nitrogens is 4. The second kappa shape index (κ2) is 7.48. The molecule has 3 aromatic rings. The number of imidazole rings is 1. The van der Waals surface area contributed by atoms with Gasteiger partial charge in [-0.05, 0) is 24.1 Å². The van der Waals surface area contributed by atoms with Crippen LogP contribution in [0.15, 0.2) is 39.0 Å². The summed E-state index contributed by atoms with van der Waals surface area (Å²) in [5.74, 6) is 0.416. The van der Waals surface area contributed by atoms with Crippen molar-refractivity contribution >= 4 is 29.0 Å². The van der Waals surface area contributed by atoms with Crippen LogP contribution in [0.5, 0.6) is 0 Å². The molecule has 142 valence electrons. The lowest BCUT2D eigenvalue weighted by molar-refractivity contribution is 0.698. The Morgan fingerprint density at radius 2 is 1.96 bits per heavy atom. The van der Waals surface area contributed by atoms with Gasteiger partial charge in [0, 0.05) is 33.4 Å². The molecule has 0 radical (unpaired) electrons. The van der Waals surface area contributed by atoms with E-state index in [-0.39, 0.29) is 0 Å². The molecule has 2 heterocycles. The molecule has 0 aliphatic carbocycles. The van der Waals surface area contributed by atoms with Crippen LogP contribution in [0.4, 0.5) is 11.6 Å². The van der Waals surface area contributed by atoms with Crippen molar-refractivity contribution in [3.63, 3.8) is 0 Å². The zero-order valence-electron chi connectivity index (χ0n) is 15.9. The van der Waals surface area contributed by atoms with E-state index in [1.807, 2.05) is 50.2 Å². The number of nitrogens with zero attached hydrogens (tertiary/aromatic N) is 5. The molecular weight excluding hydrogens is 346 g/mol. The Labute approximate surface area is 156 Å². The number of hydrogen-bond donors (Lipinski definition) is 2. The van der Waals surface area contributed by atoms with E-state index in [0.29, 0.717) is 23.7 Å². The summed E-state index contributed by atoms with van der Waals surface area (Å²) in [7, 11) is 5.54. The average Bonchev–Trinajstić information content (AvgIpc) is 3.00. The molecule has 0 aliphatic heterocycles. The van der Waals surface area contributed by atoms with E-state index < -0.39 is 11.2 Å². The van der Waals surface area contributed by atoms with Crippen molar-refractivity contribution in [2.45, 2.75) is 19.9 Å². The van der Waals surface area contributed by atoms with Gasteiger partial charge in [-0.3, -0.25) is 14.3 Å².